The van der Waals surface area contributed by atoms with Crippen LogP contribution in [0.25, 0.3) is 0 Å². The first-order valence-corrected chi connectivity index (χ1v) is 7.86. The van der Waals surface area contributed by atoms with Crippen LogP contribution in [-0.4, -0.2) is 56.3 Å². The molecule has 22 heavy (non-hydrogen) atoms. The first-order chi connectivity index (χ1) is 10.4. The maximum Gasteiger partial charge on any atom is 0.401 e. The minimum Gasteiger partial charge on any atom is -0.356 e. The Labute approximate surface area is 130 Å². The molecule has 0 spiro atoms. The molecule has 7 heteroatoms. The normalized spacial score (nSPS) is 20.2. The third-order valence-electron chi connectivity index (χ3n) is 3.52. The smallest absolute Gasteiger partial charge is 0.356 e. The summed E-state index contributed by atoms with van der Waals surface area (Å²) >= 11 is 0. The van der Waals surface area contributed by atoms with Crippen molar-refractivity contribution in [3.63, 3.8) is 0 Å². The lowest BCUT2D eigenvalue weighted by molar-refractivity contribution is -0.143. The van der Waals surface area contributed by atoms with E-state index in [4.69, 9.17) is 0 Å². The summed E-state index contributed by atoms with van der Waals surface area (Å²) < 4.78 is 37.1. The molecule has 0 radical (unpaired) electrons. The molecule has 1 aliphatic heterocycles. The number of hydrogen-bond donors (Lipinski definition) is 2. The second-order valence-electron chi connectivity index (χ2n) is 5.64. The quantitative estimate of drug-likeness (QED) is 0.312. The van der Waals surface area contributed by atoms with Gasteiger partial charge in [-0.1, -0.05) is 19.4 Å². The third-order valence-corrected chi connectivity index (χ3v) is 3.52. The molecule has 0 aromatic heterocycles. The van der Waals surface area contributed by atoms with Crippen LogP contribution in [-0.2, 0) is 0 Å². The van der Waals surface area contributed by atoms with E-state index >= 15 is 0 Å². The number of likely N-dealkylation sites (tertiary alicyclic amines) is 1. The molecule has 1 rings (SSSR count). The van der Waals surface area contributed by atoms with E-state index in [2.05, 4.69) is 29.1 Å². The molecule has 0 saturated carbocycles. The highest BCUT2D eigenvalue weighted by Crippen LogP contribution is 2.22. The largest absolute Gasteiger partial charge is 0.401 e. The van der Waals surface area contributed by atoms with Crippen LogP contribution >= 0.6 is 0 Å². The van der Waals surface area contributed by atoms with Gasteiger partial charge in [-0.2, -0.15) is 13.2 Å². The zero-order valence-electron chi connectivity index (χ0n) is 13.3. The number of halogens is 3. The van der Waals surface area contributed by atoms with Crippen LogP contribution in [0.5, 0.6) is 0 Å². The summed E-state index contributed by atoms with van der Waals surface area (Å²) in [5, 5.41) is 6.36. The van der Waals surface area contributed by atoms with E-state index in [-0.39, 0.29) is 5.92 Å². The number of unbranched alkanes of at least 4 members (excludes halogenated alkanes) is 1. The van der Waals surface area contributed by atoms with E-state index in [0.29, 0.717) is 32.1 Å². The molecule has 1 saturated heterocycles. The Bertz CT molecular complexity index is 355. The molecule has 2 N–H and O–H groups in total. The molecule has 0 aromatic carbocycles. The Hall–Kier alpha value is -1.24. The fourth-order valence-corrected chi connectivity index (χ4v) is 2.41. The number of nitrogens with zero attached hydrogens (tertiary/aromatic N) is 2. The number of guanidine groups is 1. The van der Waals surface area contributed by atoms with Crippen molar-refractivity contribution in [2.45, 2.75) is 32.4 Å². The highest BCUT2D eigenvalue weighted by Gasteiger charge is 2.34. The van der Waals surface area contributed by atoms with Crippen molar-refractivity contribution in [1.82, 2.24) is 15.5 Å². The van der Waals surface area contributed by atoms with Crippen molar-refractivity contribution in [2.24, 2.45) is 10.9 Å². The highest BCUT2D eigenvalue weighted by atomic mass is 19.4. The first-order valence-electron chi connectivity index (χ1n) is 7.86. The van der Waals surface area contributed by atoms with Crippen molar-refractivity contribution in [3.8, 4) is 0 Å². The monoisotopic (exact) mass is 320 g/mol. The topological polar surface area (TPSA) is 39.7 Å². The maximum atomic E-state index is 12.4. The van der Waals surface area contributed by atoms with Crippen LogP contribution < -0.4 is 10.6 Å². The molecule has 4 nitrogen and oxygen atoms in total. The fraction of sp³-hybridized carbons (Fsp3) is 0.800. The van der Waals surface area contributed by atoms with Gasteiger partial charge in [0, 0.05) is 26.2 Å². The standard InChI is InChI=1S/C15H27F3N4/c1-3-5-8-20-14(19-7-4-2)21-10-13-6-9-22(11-13)12-15(16,17)18/h4,13H,2-3,5-12H2,1H3,(H2,19,20,21)/t13-/m0/s1. The summed E-state index contributed by atoms with van der Waals surface area (Å²) in [4.78, 5) is 5.94. The van der Waals surface area contributed by atoms with Crippen molar-refractivity contribution in [3.05, 3.63) is 12.7 Å². The fourth-order valence-electron chi connectivity index (χ4n) is 2.41. The van der Waals surface area contributed by atoms with E-state index in [1.807, 2.05) is 0 Å². The Morgan fingerprint density at radius 2 is 2.18 bits per heavy atom. The SMILES string of the molecule is C=CCNC(=NC[C@@H]1CCN(CC(F)(F)F)C1)NCCCC. The average molecular weight is 320 g/mol. The summed E-state index contributed by atoms with van der Waals surface area (Å²) in [6.45, 7) is 7.91. The summed E-state index contributed by atoms with van der Waals surface area (Å²) in [6, 6.07) is 0. The Balaban J connectivity index is 2.39. The molecule has 1 aliphatic rings. The lowest BCUT2D eigenvalue weighted by Crippen LogP contribution is -2.38. The molecule has 1 fully saturated rings. The van der Waals surface area contributed by atoms with Gasteiger partial charge in [-0.25, -0.2) is 0 Å². The van der Waals surface area contributed by atoms with E-state index in [0.717, 1.165) is 25.8 Å². The van der Waals surface area contributed by atoms with Crippen LogP contribution in [0.4, 0.5) is 13.2 Å². The van der Waals surface area contributed by atoms with E-state index in [1.165, 1.54) is 4.90 Å². The van der Waals surface area contributed by atoms with Gasteiger partial charge >= 0.3 is 6.18 Å². The van der Waals surface area contributed by atoms with E-state index < -0.39 is 12.7 Å². The second-order valence-corrected chi connectivity index (χ2v) is 5.64. The Morgan fingerprint density at radius 1 is 1.41 bits per heavy atom. The lowest BCUT2D eigenvalue weighted by Gasteiger charge is -2.17. The molecule has 0 bridgehead atoms. The number of rotatable bonds is 8. The predicted molar refractivity (Wildman–Crippen MR) is 84.0 cm³/mol. The van der Waals surface area contributed by atoms with Gasteiger partial charge in [-0.15, -0.1) is 6.58 Å². The molecule has 1 atom stereocenters. The summed E-state index contributed by atoms with van der Waals surface area (Å²) in [6.07, 6.45) is 0.547. The van der Waals surface area contributed by atoms with Crippen LogP contribution in [0.2, 0.25) is 0 Å². The molecular formula is C15H27F3N4. The lowest BCUT2D eigenvalue weighted by atomic mass is 10.1. The molecule has 128 valence electrons. The van der Waals surface area contributed by atoms with Gasteiger partial charge < -0.3 is 10.6 Å². The molecule has 0 aromatic rings. The molecular weight excluding hydrogens is 293 g/mol. The number of nitrogens with one attached hydrogen (secondary N) is 2. The van der Waals surface area contributed by atoms with Gasteiger partial charge in [0.1, 0.15) is 0 Å². The van der Waals surface area contributed by atoms with Crippen molar-refractivity contribution in [1.29, 1.82) is 0 Å². The third kappa shape index (κ3) is 8.26. The minimum absolute atomic E-state index is 0.191. The zero-order chi connectivity index (χ0) is 16.4. The Morgan fingerprint density at radius 3 is 2.82 bits per heavy atom. The maximum absolute atomic E-state index is 12.4. The number of alkyl halides is 3. The van der Waals surface area contributed by atoms with Crippen LogP contribution in [0.3, 0.4) is 0 Å². The predicted octanol–water partition coefficient (Wildman–Crippen LogP) is 2.39. The first kappa shape index (κ1) is 18.8. The van der Waals surface area contributed by atoms with Crippen molar-refractivity contribution >= 4 is 5.96 Å². The Kier molecular flexibility index (Phi) is 8.30. The van der Waals surface area contributed by atoms with Gasteiger partial charge in [0.25, 0.3) is 0 Å². The van der Waals surface area contributed by atoms with Crippen molar-refractivity contribution in [2.75, 3.05) is 39.3 Å². The molecule has 0 unspecified atom stereocenters. The molecule has 1 heterocycles. The van der Waals surface area contributed by atoms with E-state index in [1.54, 1.807) is 6.08 Å². The summed E-state index contributed by atoms with van der Waals surface area (Å²) in [7, 11) is 0. The van der Waals surface area contributed by atoms with E-state index in [9.17, 15) is 13.2 Å². The average Bonchev–Trinajstić information content (AvgIpc) is 2.86. The van der Waals surface area contributed by atoms with Crippen LogP contribution in [0.15, 0.2) is 17.6 Å². The van der Waals surface area contributed by atoms with Crippen molar-refractivity contribution < 1.29 is 13.2 Å². The van der Waals surface area contributed by atoms with Gasteiger partial charge in [0.05, 0.1) is 6.54 Å². The molecule has 0 amide bonds. The minimum atomic E-state index is -4.11. The van der Waals surface area contributed by atoms with Gasteiger partial charge in [-0.05, 0) is 25.3 Å². The number of hydrogen-bond acceptors (Lipinski definition) is 2. The zero-order valence-corrected chi connectivity index (χ0v) is 13.3. The highest BCUT2D eigenvalue weighted by molar-refractivity contribution is 5.79. The summed E-state index contributed by atoms with van der Waals surface area (Å²) in [5.74, 6) is 0.901. The summed E-state index contributed by atoms with van der Waals surface area (Å²) in [5.41, 5.74) is 0. The van der Waals surface area contributed by atoms with Crippen LogP contribution in [0.1, 0.15) is 26.2 Å². The second kappa shape index (κ2) is 9.71. The van der Waals surface area contributed by atoms with Gasteiger partial charge in [-0.3, -0.25) is 9.89 Å². The van der Waals surface area contributed by atoms with Gasteiger partial charge in [0.15, 0.2) is 5.96 Å². The van der Waals surface area contributed by atoms with Crippen LogP contribution in [0, 0.1) is 5.92 Å². The van der Waals surface area contributed by atoms with Gasteiger partial charge in [0.2, 0.25) is 0 Å². The number of aliphatic imine (C=N–C) groups is 1. The molecule has 0 aliphatic carbocycles.